The van der Waals surface area contributed by atoms with Crippen LogP contribution in [0.15, 0.2) is 42.5 Å². The number of hydrogen-bond donors (Lipinski definition) is 0. The van der Waals surface area contributed by atoms with Gasteiger partial charge in [0.15, 0.2) is 0 Å². The average molecular weight is 558 g/mol. The van der Waals surface area contributed by atoms with Gasteiger partial charge in [-0.25, -0.2) is 0 Å². The third-order valence-corrected chi connectivity index (χ3v) is 9.93. The molecule has 39 heavy (non-hydrogen) atoms. The van der Waals surface area contributed by atoms with Gasteiger partial charge in [-0.1, -0.05) is 52.0 Å². The minimum atomic E-state index is -3.09. The predicted octanol–water partition coefficient (Wildman–Crippen LogP) is 9.03. The predicted molar refractivity (Wildman–Crippen MR) is 165 cm³/mol. The second kappa shape index (κ2) is 14.7. The lowest BCUT2D eigenvalue weighted by Crippen LogP contribution is -2.36. The van der Waals surface area contributed by atoms with E-state index in [2.05, 4.69) is 69.9 Å². The minimum Gasteiger partial charge on any atom is -0.493 e. The molecular formula is C33H52NO4P. The molecule has 6 heteroatoms. The molecule has 0 bridgehead atoms. The quantitative estimate of drug-likeness (QED) is 0.217. The van der Waals surface area contributed by atoms with E-state index >= 15 is 0 Å². The van der Waals surface area contributed by atoms with Crippen molar-refractivity contribution in [1.82, 2.24) is 0 Å². The minimum absolute atomic E-state index is 0.0487. The first kappa shape index (κ1) is 31.7. The van der Waals surface area contributed by atoms with E-state index < -0.39 is 7.60 Å². The fraction of sp³-hybridized carbons (Fsp3) is 0.636. The smallest absolute Gasteiger partial charge is 0.331 e. The van der Waals surface area contributed by atoms with Crippen LogP contribution in [0.4, 0.5) is 5.69 Å². The average Bonchev–Trinajstić information content (AvgIpc) is 2.88. The van der Waals surface area contributed by atoms with Crippen molar-refractivity contribution in [3.63, 3.8) is 0 Å². The van der Waals surface area contributed by atoms with E-state index in [9.17, 15) is 4.57 Å². The van der Waals surface area contributed by atoms with Crippen molar-refractivity contribution in [3.8, 4) is 5.75 Å². The number of benzene rings is 2. The van der Waals surface area contributed by atoms with E-state index in [-0.39, 0.29) is 5.92 Å². The molecule has 2 aromatic rings. The van der Waals surface area contributed by atoms with Crippen molar-refractivity contribution in [2.75, 3.05) is 44.0 Å². The Morgan fingerprint density at radius 2 is 1.72 bits per heavy atom. The van der Waals surface area contributed by atoms with Crippen LogP contribution in [-0.4, -0.2) is 39.1 Å². The Morgan fingerprint density at radius 3 is 2.36 bits per heavy atom. The molecule has 1 heterocycles. The molecule has 1 aliphatic rings. The molecule has 3 rings (SSSR count). The Hall–Kier alpha value is -1.81. The van der Waals surface area contributed by atoms with Gasteiger partial charge in [0.05, 0.1) is 26.0 Å². The Balaban J connectivity index is 1.53. The first-order chi connectivity index (χ1) is 18.5. The molecule has 2 aromatic carbocycles. The molecule has 0 N–H and O–H groups in total. The number of ether oxygens (including phenoxy) is 1. The van der Waals surface area contributed by atoms with Crippen LogP contribution in [0.1, 0.15) is 89.8 Å². The number of rotatable bonds is 14. The van der Waals surface area contributed by atoms with Crippen molar-refractivity contribution >= 4 is 13.3 Å². The standard InChI is InChI=1S/C33H52NO4P/c1-8-37-39(35,38-9-2)25-27(4)30-12-10-14-31(23-30)36-24-28-17-20-34(21-18-28)32-22-26(3)15-16-29(32)13-11-19-33(5,6)7/h10,12,14-16,22-23,27-28H,8-9,11,13,17-21,24-25H2,1-7H3/t27-/m1/s1. The highest BCUT2D eigenvalue weighted by molar-refractivity contribution is 7.53. The number of aryl methyl sites for hydroxylation is 2. The maximum atomic E-state index is 13.0. The Kier molecular flexibility index (Phi) is 12.0. The van der Waals surface area contributed by atoms with Gasteiger partial charge in [-0.15, -0.1) is 0 Å². The van der Waals surface area contributed by atoms with Crippen LogP contribution in [0.3, 0.4) is 0 Å². The normalized spacial score (nSPS) is 15.9. The van der Waals surface area contributed by atoms with Gasteiger partial charge in [-0.2, -0.15) is 0 Å². The van der Waals surface area contributed by atoms with Crippen LogP contribution in [-0.2, 0) is 20.0 Å². The highest BCUT2D eigenvalue weighted by atomic mass is 31.2. The van der Waals surface area contributed by atoms with Crippen LogP contribution >= 0.6 is 7.60 Å². The summed E-state index contributed by atoms with van der Waals surface area (Å²) in [7, 11) is -3.09. The Morgan fingerprint density at radius 1 is 1.03 bits per heavy atom. The van der Waals surface area contributed by atoms with Crippen molar-refractivity contribution in [1.29, 1.82) is 0 Å². The fourth-order valence-electron chi connectivity index (χ4n) is 5.43. The van der Waals surface area contributed by atoms with Gasteiger partial charge in [-0.05, 0) is 105 Å². The van der Waals surface area contributed by atoms with Crippen LogP contribution in [0.5, 0.6) is 5.75 Å². The van der Waals surface area contributed by atoms with E-state index in [0.717, 1.165) is 50.3 Å². The van der Waals surface area contributed by atoms with E-state index in [1.165, 1.54) is 29.7 Å². The van der Waals surface area contributed by atoms with E-state index in [1.54, 1.807) is 0 Å². The monoisotopic (exact) mass is 557 g/mol. The summed E-state index contributed by atoms with van der Waals surface area (Å²) in [4.78, 5) is 2.59. The lowest BCUT2D eigenvalue weighted by atomic mass is 9.88. The van der Waals surface area contributed by atoms with Gasteiger partial charge in [0, 0.05) is 18.8 Å². The maximum Gasteiger partial charge on any atom is 0.331 e. The molecular weight excluding hydrogens is 505 g/mol. The highest BCUT2D eigenvalue weighted by Gasteiger charge is 2.27. The third kappa shape index (κ3) is 10.3. The van der Waals surface area contributed by atoms with Gasteiger partial charge in [0.1, 0.15) is 5.75 Å². The van der Waals surface area contributed by atoms with E-state index in [1.807, 2.05) is 26.0 Å². The van der Waals surface area contributed by atoms with Gasteiger partial charge < -0.3 is 18.7 Å². The summed E-state index contributed by atoms with van der Waals surface area (Å²) in [5.41, 5.74) is 5.74. The molecule has 0 saturated carbocycles. The maximum absolute atomic E-state index is 13.0. The Bertz CT molecular complexity index is 1060. The van der Waals surface area contributed by atoms with Crippen molar-refractivity contribution in [2.24, 2.45) is 11.3 Å². The van der Waals surface area contributed by atoms with Crippen molar-refractivity contribution in [3.05, 3.63) is 59.2 Å². The largest absolute Gasteiger partial charge is 0.493 e. The molecule has 1 fully saturated rings. The lowest BCUT2D eigenvalue weighted by Gasteiger charge is -2.35. The molecule has 218 valence electrons. The van der Waals surface area contributed by atoms with Gasteiger partial charge in [0.25, 0.3) is 0 Å². The van der Waals surface area contributed by atoms with Gasteiger partial charge in [-0.3, -0.25) is 4.57 Å². The molecule has 0 aromatic heterocycles. The molecule has 0 amide bonds. The molecule has 0 spiro atoms. The zero-order valence-electron chi connectivity index (χ0n) is 25.5. The van der Waals surface area contributed by atoms with Crippen LogP contribution in [0.25, 0.3) is 0 Å². The second-order valence-corrected chi connectivity index (χ2v) is 14.5. The summed E-state index contributed by atoms with van der Waals surface area (Å²) in [6.07, 6.45) is 6.27. The third-order valence-electron chi connectivity index (χ3n) is 7.63. The summed E-state index contributed by atoms with van der Waals surface area (Å²) in [5, 5.41) is 0. The SMILES string of the molecule is CCOP(=O)(C[C@@H](C)c1cccc(OCC2CCN(c3cc(C)ccc3CCCC(C)(C)C)CC2)c1)OCC. The summed E-state index contributed by atoms with van der Waals surface area (Å²) in [6, 6.07) is 15.2. The molecule has 0 radical (unpaired) electrons. The summed E-state index contributed by atoms with van der Waals surface area (Å²) in [6.45, 7) is 18.6. The Labute approximate surface area is 238 Å². The summed E-state index contributed by atoms with van der Waals surface area (Å²) >= 11 is 0. The number of piperidine rings is 1. The van der Waals surface area contributed by atoms with Crippen molar-refractivity contribution < 1.29 is 18.3 Å². The van der Waals surface area contributed by atoms with Gasteiger partial charge >= 0.3 is 7.60 Å². The van der Waals surface area contributed by atoms with E-state index in [0.29, 0.717) is 30.7 Å². The first-order valence-electron chi connectivity index (χ1n) is 15.0. The van der Waals surface area contributed by atoms with Crippen molar-refractivity contribution in [2.45, 2.75) is 86.5 Å². The van der Waals surface area contributed by atoms with Crippen LogP contribution in [0, 0.1) is 18.3 Å². The van der Waals surface area contributed by atoms with Crippen LogP contribution < -0.4 is 9.64 Å². The first-order valence-corrected chi connectivity index (χ1v) is 16.7. The number of hydrogen-bond acceptors (Lipinski definition) is 5. The van der Waals surface area contributed by atoms with Gasteiger partial charge in [0.2, 0.25) is 0 Å². The molecule has 5 nitrogen and oxygen atoms in total. The zero-order chi connectivity index (χ0) is 28.5. The molecule has 1 atom stereocenters. The molecule has 0 aliphatic carbocycles. The molecule has 0 unspecified atom stereocenters. The highest BCUT2D eigenvalue weighted by Crippen LogP contribution is 2.51. The lowest BCUT2D eigenvalue weighted by molar-refractivity contribution is 0.218. The number of nitrogens with zero attached hydrogens (tertiary/aromatic N) is 1. The molecule has 1 saturated heterocycles. The second-order valence-electron chi connectivity index (χ2n) is 12.4. The number of anilines is 1. The topological polar surface area (TPSA) is 48.0 Å². The fourth-order valence-corrected chi connectivity index (χ4v) is 7.38. The van der Waals surface area contributed by atoms with E-state index in [4.69, 9.17) is 13.8 Å². The summed E-state index contributed by atoms with van der Waals surface area (Å²) < 4.78 is 30.3. The zero-order valence-corrected chi connectivity index (χ0v) is 26.4. The summed E-state index contributed by atoms with van der Waals surface area (Å²) in [5.74, 6) is 1.48. The van der Waals surface area contributed by atoms with Crippen LogP contribution in [0.2, 0.25) is 0 Å². The molecule has 1 aliphatic heterocycles.